The van der Waals surface area contributed by atoms with E-state index in [1.54, 1.807) is 55.6 Å². The Morgan fingerprint density at radius 2 is 1.84 bits per heavy atom. The molecule has 0 N–H and O–H groups in total. The highest BCUT2D eigenvalue weighted by Gasteiger charge is 2.18. The van der Waals surface area contributed by atoms with Crippen molar-refractivity contribution in [1.29, 1.82) is 0 Å². The lowest BCUT2D eigenvalue weighted by Crippen LogP contribution is -2.30. The van der Waals surface area contributed by atoms with E-state index in [-0.39, 0.29) is 23.8 Å². The molecule has 7 heteroatoms. The van der Waals surface area contributed by atoms with Gasteiger partial charge in [-0.25, -0.2) is 14.2 Å². The number of furan rings is 1. The van der Waals surface area contributed by atoms with Gasteiger partial charge in [0.15, 0.2) is 6.61 Å². The van der Waals surface area contributed by atoms with Crippen LogP contribution in [0.25, 0.3) is 22.2 Å². The lowest BCUT2D eigenvalue weighted by molar-refractivity contribution is -0.133. The van der Waals surface area contributed by atoms with Gasteiger partial charge in [0, 0.05) is 18.0 Å². The molecule has 0 bridgehead atoms. The Bertz CT molecular complexity index is 1220. The summed E-state index contributed by atoms with van der Waals surface area (Å²) < 4.78 is 23.8. The van der Waals surface area contributed by atoms with Crippen LogP contribution in [-0.4, -0.2) is 35.4 Å². The van der Waals surface area contributed by atoms with Crippen LogP contribution in [0, 0.1) is 5.82 Å². The zero-order chi connectivity index (χ0) is 21.8. The summed E-state index contributed by atoms with van der Waals surface area (Å²) in [5.74, 6) is -0.726. The zero-order valence-corrected chi connectivity index (χ0v) is 16.7. The minimum atomic E-state index is -0.637. The number of carbonyl (C=O) groups is 2. The van der Waals surface area contributed by atoms with E-state index in [1.165, 1.54) is 23.3 Å². The second kappa shape index (κ2) is 8.79. The monoisotopic (exact) mass is 418 g/mol. The summed E-state index contributed by atoms with van der Waals surface area (Å²) in [6.45, 7) is -0.130. The molecule has 1 amide bonds. The minimum absolute atomic E-state index is 0.274. The summed E-state index contributed by atoms with van der Waals surface area (Å²) >= 11 is 0. The van der Waals surface area contributed by atoms with Crippen molar-refractivity contribution in [3.63, 3.8) is 0 Å². The molecule has 0 aliphatic carbocycles. The first-order valence-electron chi connectivity index (χ1n) is 9.60. The Hall–Kier alpha value is -4.00. The Morgan fingerprint density at radius 1 is 1.06 bits per heavy atom. The van der Waals surface area contributed by atoms with Gasteiger partial charge in [-0.1, -0.05) is 18.2 Å². The van der Waals surface area contributed by atoms with Gasteiger partial charge in [-0.05, 0) is 48.5 Å². The molecule has 0 fully saturated rings. The van der Waals surface area contributed by atoms with E-state index in [1.807, 2.05) is 6.07 Å². The summed E-state index contributed by atoms with van der Waals surface area (Å²) in [6, 6.07) is 18.1. The molecular formula is C24H19FN2O4. The van der Waals surface area contributed by atoms with Crippen LogP contribution in [0.3, 0.4) is 0 Å². The number of carbonyl (C=O) groups excluding carboxylic acids is 2. The van der Waals surface area contributed by atoms with E-state index >= 15 is 0 Å². The number of para-hydroxylation sites is 1. The Kier molecular flexibility index (Phi) is 5.75. The van der Waals surface area contributed by atoms with Crippen LogP contribution in [0.4, 0.5) is 4.39 Å². The maximum Gasteiger partial charge on any atom is 0.339 e. The third-order valence-electron chi connectivity index (χ3n) is 4.80. The number of halogens is 1. The molecule has 31 heavy (non-hydrogen) atoms. The quantitative estimate of drug-likeness (QED) is 0.433. The van der Waals surface area contributed by atoms with Crippen molar-refractivity contribution in [2.75, 3.05) is 13.7 Å². The number of hydrogen-bond acceptors (Lipinski definition) is 5. The van der Waals surface area contributed by atoms with Crippen molar-refractivity contribution in [3.8, 4) is 11.3 Å². The number of nitrogens with zero attached hydrogens (tertiary/aromatic N) is 2. The predicted octanol–water partition coefficient (Wildman–Crippen LogP) is 4.45. The van der Waals surface area contributed by atoms with E-state index < -0.39 is 12.6 Å². The van der Waals surface area contributed by atoms with E-state index in [9.17, 15) is 14.0 Å². The fraction of sp³-hybridized carbons (Fsp3) is 0.125. The molecule has 0 saturated heterocycles. The summed E-state index contributed by atoms with van der Waals surface area (Å²) in [4.78, 5) is 31.2. The minimum Gasteiger partial charge on any atom is -0.467 e. The number of fused-ring (bicyclic) bond motifs is 1. The fourth-order valence-electron chi connectivity index (χ4n) is 3.15. The van der Waals surface area contributed by atoms with Crippen LogP contribution in [0.15, 0.2) is 77.4 Å². The molecule has 0 aliphatic rings. The number of aromatic nitrogens is 1. The van der Waals surface area contributed by atoms with Gasteiger partial charge in [0.2, 0.25) is 0 Å². The molecular weight excluding hydrogens is 399 g/mol. The van der Waals surface area contributed by atoms with Crippen molar-refractivity contribution < 1.29 is 23.1 Å². The van der Waals surface area contributed by atoms with Crippen molar-refractivity contribution in [2.45, 2.75) is 6.54 Å². The number of pyridine rings is 1. The van der Waals surface area contributed by atoms with Crippen molar-refractivity contribution >= 4 is 22.8 Å². The van der Waals surface area contributed by atoms with E-state index in [0.717, 1.165) is 0 Å². The van der Waals surface area contributed by atoms with E-state index in [0.29, 0.717) is 27.9 Å². The van der Waals surface area contributed by atoms with E-state index in [4.69, 9.17) is 9.15 Å². The number of likely N-dealkylation sites (N-methyl/N-ethyl adjacent to an activating group) is 1. The molecule has 6 nitrogen and oxygen atoms in total. The lowest BCUT2D eigenvalue weighted by atomic mass is 10.0. The maximum atomic E-state index is 13.3. The molecule has 0 spiro atoms. The zero-order valence-electron chi connectivity index (χ0n) is 16.7. The van der Waals surface area contributed by atoms with Crippen molar-refractivity contribution in [1.82, 2.24) is 9.88 Å². The molecule has 0 aliphatic heterocycles. The molecule has 0 saturated carbocycles. The van der Waals surface area contributed by atoms with Gasteiger partial charge in [-0.2, -0.15) is 0 Å². The number of ether oxygens (including phenoxy) is 1. The molecule has 0 atom stereocenters. The number of rotatable bonds is 6. The molecule has 2 aromatic carbocycles. The molecule has 156 valence electrons. The molecule has 0 radical (unpaired) electrons. The summed E-state index contributed by atoms with van der Waals surface area (Å²) in [5, 5.41) is 0.606. The van der Waals surface area contributed by atoms with Gasteiger partial charge < -0.3 is 14.1 Å². The van der Waals surface area contributed by atoms with E-state index in [2.05, 4.69) is 4.98 Å². The molecule has 0 unspecified atom stereocenters. The first-order valence-corrected chi connectivity index (χ1v) is 9.60. The summed E-state index contributed by atoms with van der Waals surface area (Å²) in [7, 11) is 1.60. The third kappa shape index (κ3) is 4.61. The van der Waals surface area contributed by atoms with Crippen LogP contribution < -0.4 is 0 Å². The van der Waals surface area contributed by atoms with Gasteiger partial charge in [-0.15, -0.1) is 0 Å². The van der Waals surface area contributed by atoms with Crippen molar-refractivity contribution in [3.05, 3.63) is 90.1 Å². The average molecular weight is 418 g/mol. The average Bonchev–Trinajstić information content (AvgIpc) is 3.30. The first-order chi connectivity index (χ1) is 15.0. The van der Waals surface area contributed by atoms with Gasteiger partial charge in [-0.3, -0.25) is 4.79 Å². The SMILES string of the molecule is CN(Cc1ccco1)C(=O)COC(=O)c1cc(-c2ccc(F)cc2)nc2ccccc12. The van der Waals surface area contributed by atoms with Crippen LogP contribution >= 0.6 is 0 Å². The fourth-order valence-corrected chi connectivity index (χ4v) is 3.15. The first kappa shape index (κ1) is 20.3. The van der Waals surface area contributed by atoms with Gasteiger partial charge in [0.25, 0.3) is 5.91 Å². The predicted molar refractivity (Wildman–Crippen MR) is 113 cm³/mol. The second-order valence-corrected chi connectivity index (χ2v) is 6.98. The number of hydrogen-bond donors (Lipinski definition) is 0. The number of benzene rings is 2. The largest absolute Gasteiger partial charge is 0.467 e. The highest BCUT2D eigenvalue weighted by Crippen LogP contribution is 2.25. The van der Waals surface area contributed by atoms with Crippen LogP contribution in [0.1, 0.15) is 16.1 Å². The Balaban J connectivity index is 1.55. The molecule has 2 aromatic heterocycles. The van der Waals surface area contributed by atoms with Gasteiger partial charge in [0.1, 0.15) is 11.6 Å². The standard InChI is InChI=1S/C24H19FN2O4/c1-27(14-18-5-4-12-30-18)23(28)15-31-24(29)20-13-22(16-8-10-17(25)11-9-16)26-21-7-3-2-6-19(20)21/h2-13H,14-15H2,1H3. The number of amides is 1. The number of esters is 1. The highest BCUT2D eigenvalue weighted by molar-refractivity contribution is 6.05. The normalized spacial score (nSPS) is 10.8. The highest BCUT2D eigenvalue weighted by atomic mass is 19.1. The summed E-state index contributed by atoms with van der Waals surface area (Å²) in [6.07, 6.45) is 1.53. The lowest BCUT2D eigenvalue weighted by Gasteiger charge is -2.16. The topological polar surface area (TPSA) is 72.6 Å². The van der Waals surface area contributed by atoms with Crippen LogP contribution in [-0.2, 0) is 16.1 Å². The molecule has 4 aromatic rings. The Morgan fingerprint density at radius 3 is 2.58 bits per heavy atom. The summed E-state index contributed by atoms with van der Waals surface area (Å²) in [5.41, 5.74) is 2.05. The third-order valence-corrected chi connectivity index (χ3v) is 4.80. The van der Waals surface area contributed by atoms with Crippen LogP contribution in [0.2, 0.25) is 0 Å². The van der Waals surface area contributed by atoms with Gasteiger partial charge >= 0.3 is 5.97 Å². The second-order valence-electron chi connectivity index (χ2n) is 6.98. The van der Waals surface area contributed by atoms with Crippen molar-refractivity contribution in [2.24, 2.45) is 0 Å². The molecule has 2 heterocycles. The maximum absolute atomic E-state index is 13.3. The van der Waals surface area contributed by atoms with Gasteiger partial charge in [0.05, 0.1) is 29.6 Å². The molecule has 4 rings (SSSR count). The smallest absolute Gasteiger partial charge is 0.339 e. The Labute approximate surface area is 177 Å². The van der Waals surface area contributed by atoms with Crippen LogP contribution in [0.5, 0.6) is 0 Å².